The summed E-state index contributed by atoms with van der Waals surface area (Å²) in [6, 6.07) is 0.801. The van der Waals surface area contributed by atoms with Crippen molar-refractivity contribution in [2.24, 2.45) is 0 Å². The first-order chi connectivity index (χ1) is 8.65. The summed E-state index contributed by atoms with van der Waals surface area (Å²) in [5.74, 6) is 0.0710. The van der Waals surface area contributed by atoms with Crippen LogP contribution in [0.2, 0.25) is 0 Å². The largest absolute Gasteiger partial charge is 0.335 e. The van der Waals surface area contributed by atoms with E-state index in [1.54, 1.807) is 0 Å². The molecule has 1 aliphatic carbocycles. The van der Waals surface area contributed by atoms with Gasteiger partial charge in [-0.2, -0.15) is 0 Å². The third-order valence-electron chi connectivity index (χ3n) is 3.56. The highest BCUT2D eigenvalue weighted by Gasteiger charge is 2.33. The Kier molecular flexibility index (Phi) is 3.42. The molecule has 0 atom stereocenters. The lowest BCUT2D eigenvalue weighted by Gasteiger charge is -2.34. The van der Waals surface area contributed by atoms with E-state index >= 15 is 0 Å². The Morgan fingerprint density at radius 3 is 2.50 bits per heavy atom. The van der Waals surface area contributed by atoms with E-state index in [-0.39, 0.29) is 5.91 Å². The molecule has 1 saturated heterocycles. The molecule has 1 aromatic rings. The molecule has 2 aliphatic rings. The van der Waals surface area contributed by atoms with E-state index in [9.17, 15) is 4.79 Å². The van der Waals surface area contributed by atoms with Gasteiger partial charge < -0.3 is 4.90 Å². The zero-order valence-corrected chi connectivity index (χ0v) is 12.8. The minimum absolute atomic E-state index is 0.0710. The maximum atomic E-state index is 12.3. The van der Waals surface area contributed by atoms with Gasteiger partial charge in [-0.25, -0.2) is 4.98 Å². The van der Waals surface area contributed by atoms with E-state index in [0.29, 0.717) is 5.69 Å². The molecular weight excluding hydrogens is 314 g/mol. The third-order valence-corrected chi connectivity index (χ3v) is 5.18. The first-order valence-electron chi connectivity index (χ1n) is 6.31. The zero-order chi connectivity index (χ0) is 12.7. The van der Waals surface area contributed by atoms with Gasteiger partial charge in [-0.05, 0) is 35.7 Å². The Hall–Kier alpha value is -0.460. The van der Waals surface area contributed by atoms with Crippen LogP contribution in [-0.2, 0) is 0 Å². The topological polar surface area (TPSA) is 36.4 Å². The van der Waals surface area contributed by atoms with Gasteiger partial charge in [0.15, 0.2) is 5.69 Å². The predicted molar refractivity (Wildman–Crippen MR) is 75.0 cm³/mol. The molecule has 0 aromatic carbocycles. The lowest BCUT2D eigenvalue weighted by molar-refractivity contribution is 0.0621. The number of hydrogen-bond acceptors (Lipinski definition) is 4. The Labute approximate surface area is 119 Å². The Bertz CT molecular complexity index is 464. The van der Waals surface area contributed by atoms with Crippen molar-refractivity contribution >= 4 is 33.2 Å². The van der Waals surface area contributed by atoms with Gasteiger partial charge in [-0.1, -0.05) is 0 Å². The number of halogens is 1. The van der Waals surface area contributed by atoms with Crippen molar-refractivity contribution in [3.8, 4) is 0 Å². The van der Waals surface area contributed by atoms with Gasteiger partial charge in [-0.3, -0.25) is 9.69 Å². The maximum absolute atomic E-state index is 12.3. The lowest BCUT2D eigenvalue weighted by atomic mass is 10.3. The van der Waals surface area contributed by atoms with E-state index < -0.39 is 0 Å². The molecule has 2 heterocycles. The van der Waals surface area contributed by atoms with E-state index in [1.807, 2.05) is 11.8 Å². The molecule has 1 aromatic heterocycles. The summed E-state index contributed by atoms with van der Waals surface area (Å²) in [5.41, 5.74) is 0.581. The van der Waals surface area contributed by atoms with Crippen molar-refractivity contribution in [2.75, 3.05) is 26.2 Å². The molecule has 98 valence electrons. The molecule has 2 fully saturated rings. The smallest absolute Gasteiger partial charge is 0.274 e. The Morgan fingerprint density at radius 2 is 2.00 bits per heavy atom. The first kappa shape index (κ1) is 12.6. The second-order valence-corrected chi connectivity index (χ2v) is 7.44. The second kappa shape index (κ2) is 4.90. The van der Waals surface area contributed by atoms with Gasteiger partial charge in [0.2, 0.25) is 0 Å². The van der Waals surface area contributed by atoms with Crippen LogP contribution in [0.3, 0.4) is 0 Å². The molecule has 0 unspecified atom stereocenters. The van der Waals surface area contributed by atoms with E-state index in [4.69, 9.17) is 0 Å². The molecule has 18 heavy (non-hydrogen) atoms. The standard InChI is InChI=1S/C12H16BrN3OS/c1-8-14-10(11(13)18-8)12(17)16-6-4-15(5-7-16)9-2-3-9/h9H,2-7H2,1H3. The Balaban J connectivity index is 1.65. The number of rotatable bonds is 2. The van der Waals surface area contributed by atoms with Crippen LogP contribution in [0.1, 0.15) is 28.3 Å². The monoisotopic (exact) mass is 329 g/mol. The van der Waals surface area contributed by atoms with Crippen molar-refractivity contribution in [1.82, 2.24) is 14.8 Å². The number of aryl methyl sites for hydroxylation is 1. The fraction of sp³-hybridized carbons (Fsp3) is 0.667. The molecule has 1 saturated carbocycles. The summed E-state index contributed by atoms with van der Waals surface area (Å²) >= 11 is 4.95. The van der Waals surface area contributed by atoms with Crippen molar-refractivity contribution in [3.63, 3.8) is 0 Å². The van der Waals surface area contributed by atoms with Crippen LogP contribution in [0.15, 0.2) is 3.79 Å². The minimum atomic E-state index is 0.0710. The van der Waals surface area contributed by atoms with Gasteiger partial charge in [0.1, 0.15) is 3.79 Å². The number of piperazine rings is 1. The lowest BCUT2D eigenvalue weighted by Crippen LogP contribution is -2.49. The third kappa shape index (κ3) is 2.46. The highest BCUT2D eigenvalue weighted by molar-refractivity contribution is 9.11. The van der Waals surface area contributed by atoms with Gasteiger partial charge in [-0.15, -0.1) is 11.3 Å². The van der Waals surface area contributed by atoms with Crippen LogP contribution in [0.5, 0.6) is 0 Å². The fourth-order valence-corrected chi connectivity index (χ4v) is 4.00. The van der Waals surface area contributed by atoms with Crippen LogP contribution in [0.25, 0.3) is 0 Å². The van der Waals surface area contributed by atoms with Gasteiger partial charge >= 0.3 is 0 Å². The van der Waals surface area contributed by atoms with Crippen LogP contribution < -0.4 is 0 Å². The quantitative estimate of drug-likeness (QED) is 0.834. The molecule has 0 bridgehead atoms. The van der Waals surface area contributed by atoms with Crippen LogP contribution >= 0.6 is 27.3 Å². The summed E-state index contributed by atoms with van der Waals surface area (Å²) in [4.78, 5) is 21.1. The minimum Gasteiger partial charge on any atom is -0.335 e. The van der Waals surface area contributed by atoms with Gasteiger partial charge in [0, 0.05) is 32.2 Å². The number of thiazole rings is 1. The number of aromatic nitrogens is 1. The molecule has 3 rings (SSSR count). The van der Waals surface area contributed by atoms with Crippen molar-refractivity contribution < 1.29 is 4.79 Å². The van der Waals surface area contributed by atoms with Crippen LogP contribution in [0, 0.1) is 6.92 Å². The summed E-state index contributed by atoms with van der Waals surface area (Å²) in [5, 5.41) is 0.932. The van der Waals surface area contributed by atoms with Gasteiger partial charge in [0.05, 0.1) is 5.01 Å². The fourth-order valence-electron chi connectivity index (χ4n) is 2.41. The molecule has 1 amide bonds. The number of carbonyl (C=O) groups excluding carboxylic acids is 1. The highest BCUT2D eigenvalue weighted by Crippen LogP contribution is 2.29. The van der Waals surface area contributed by atoms with E-state index in [0.717, 1.165) is 41.0 Å². The number of carbonyl (C=O) groups is 1. The summed E-state index contributed by atoms with van der Waals surface area (Å²) in [7, 11) is 0. The summed E-state index contributed by atoms with van der Waals surface area (Å²) in [6.07, 6.45) is 2.68. The van der Waals surface area contributed by atoms with Crippen molar-refractivity contribution in [3.05, 3.63) is 14.5 Å². The van der Waals surface area contributed by atoms with Crippen LogP contribution in [0.4, 0.5) is 0 Å². The molecule has 0 radical (unpaired) electrons. The molecule has 0 N–H and O–H groups in total. The number of nitrogens with zero attached hydrogens (tertiary/aromatic N) is 3. The highest BCUT2D eigenvalue weighted by atomic mass is 79.9. The zero-order valence-electron chi connectivity index (χ0n) is 10.4. The van der Waals surface area contributed by atoms with Crippen molar-refractivity contribution in [2.45, 2.75) is 25.8 Å². The summed E-state index contributed by atoms with van der Waals surface area (Å²) in [6.45, 7) is 5.61. The van der Waals surface area contributed by atoms with E-state index in [1.165, 1.54) is 24.2 Å². The van der Waals surface area contributed by atoms with E-state index in [2.05, 4.69) is 25.8 Å². The predicted octanol–water partition coefficient (Wildman–Crippen LogP) is 2.13. The Morgan fingerprint density at radius 1 is 1.33 bits per heavy atom. The number of amides is 1. The SMILES string of the molecule is Cc1nc(C(=O)N2CCN(C3CC3)CC2)c(Br)s1. The van der Waals surface area contributed by atoms with Crippen LogP contribution in [-0.4, -0.2) is 52.9 Å². The summed E-state index contributed by atoms with van der Waals surface area (Å²) < 4.78 is 0.856. The normalized spacial score (nSPS) is 21.3. The molecule has 4 nitrogen and oxygen atoms in total. The second-order valence-electron chi connectivity index (χ2n) is 4.91. The first-order valence-corrected chi connectivity index (χ1v) is 7.92. The number of hydrogen-bond donors (Lipinski definition) is 0. The molecule has 1 aliphatic heterocycles. The average molecular weight is 330 g/mol. The molecular formula is C12H16BrN3OS. The molecule has 0 spiro atoms. The molecule has 6 heteroatoms. The van der Waals surface area contributed by atoms with Gasteiger partial charge in [0.25, 0.3) is 5.91 Å². The maximum Gasteiger partial charge on any atom is 0.274 e. The van der Waals surface area contributed by atoms with Crippen molar-refractivity contribution in [1.29, 1.82) is 0 Å². The average Bonchev–Trinajstić information content (AvgIpc) is 3.15.